The highest BCUT2D eigenvalue weighted by Gasteiger charge is 2.13. The third-order valence-electron chi connectivity index (χ3n) is 3.37. The highest BCUT2D eigenvalue weighted by molar-refractivity contribution is 8.00. The molecule has 3 rings (SSSR count). The van der Waals surface area contributed by atoms with Gasteiger partial charge in [-0.25, -0.2) is 4.68 Å². The SMILES string of the molecule is Cc1cc(NC(=O)CSc2c(Cl)cccc2Cl)n(-c2ccccc2)n1. The van der Waals surface area contributed by atoms with Gasteiger partial charge in [0.15, 0.2) is 0 Å². The van der Waals surface area contributed by atoms with E-state index in [0.717, 1.165) is 11.4 Å². The monoisotopic (exact) mass is 391 g/mol. The van der Waals surface area contributed by atoms with E-state index in [1.807, 2.05) is 43.3 Å². The molecule has 0 aliphatic rings. The Bertz CT molecular complexity index is 876. The maximum Gasteiger partial charge on any atom is 0.235 e. The zero-order chi connectivity index (χ0) is 17.8. The normalized spacial score (nSPS) is 10.7. The first-order valence-corrected chi connectivity index (χ1v) is 9.27. The zero-order valence-electron chi connectivity index (χ0n) is 13.4. The molecule has 0 fully saturated rings. The van der Waals surface area contributed by atoms with E-state index in [0.29, 0.717) is 20.8 Å². The summed E-state index contributed by atoms with van der Waals surface area (Å²) >= 11 is 13.6. The number of hydrogen-bond donors (Lipinski definition) is 1. The molecule has 0 saturated carbocycles. The number of thioether (sulfide) groups is 1. The number of aryl methyl sites for hydroxylation is 1. The van der Waals surface area contributed by atoms with Crippen LogP contribution in [0.4, 0.5) is 5.82 Å². The van der Waals surface area contributed by atoms with Crippen LogP contribution in [0.3, 0.4) is 0 Å². The minimum atomic E-state index is -0.155. The number of carbonyl (C=O) groups excluding carboxylic acids is 1. The number of benzene rings is 2. The van der Waals surface area contributed by atoms with E-state index < -0.39 is 0 Å². The lowest BCUT2D eigenvalue weighted by molar-refractivity contribution is -0.113. The lowest BCUT2D eigenvalue weighted by Gasteiger charge is -2.09. The fourth-order valence-corrected chi connectivity index (χ4v) is 3.78. The van der Waals surface area contributed by atoms with Crippen molar-refractivity contribution in [1.29, 1.82) is 0 Å². The Hall–Kier alpha value is -1.95. The summed E-state index contributed by atoms with van der Waals surface area (Å²) in [4.78, 5) is 13.0. The fraction of sp³-hybridized carbons (Fsp3) is 0.111. The van der Waals surface area contributed by atoms with Crippen LogP contribution in [0.1, 0.15) is 5.69 Å². The molecule has 1 heterocycles. The van der Waals surface area contributed by atoms with Crippen molar-refractivity contribution in [2.75, 3.05) is 11.1 Å². The smallest absolute Gasteiger partial charge is 0.235 e. The van der Waals surface area contributed by atoms with E-state index in [9.17, 15) is 4.79 Å². The van der Waals surface area contributed by atoms with E-state index in [1.54, 1.807) is 22.9 Å². The van der Waals surface area contributed by atoms with Crippen LogP contribution in [-0.4, -0.2) is 21.4 Å². The van der Waals surface area contributed by atoms with Gasteiger partial charge in [0.1, 0.15) is 5.82 Å². The minimum Gasteiger partial charge on any atom is -0.310 e. The number of hydrogen-bond acceptors (Lipinski definition) is 3. The highest BCUT2D eigenvalue weighted by Crippen LogP contribution is 2.33. The maximum absolute atomic E-state index is 12.3. The molecule has 128 valence electrons. The summed E-state index contributed by atoms with van der Waals surface area (Å²) < 4.78 is 1.71. The van der Waals surface area contributed by atoms with Gasteiger partial charge in [-0.15, -0.1) is 11.8 Å². The second-order valence-electron chi connectivity index (χ2n) is 5.31. The number of para-hydroxylation sites is 1. The lowest BCUT2D eigenvalue weighted by Crippen LogP contribution is -2.17. The van der Waals surface area contributed by atoms with Crippen molar-refractivity contribution in [2.45, 2.75) is 11.8 Å². The molecule has 2 aromatic carbocycles. The van der Waals surface area contributed by atoms with E-state index >= 15 is 0 Å². The van der Waals surface area contributed by atoms with Gasteiger partial charge in [-0.3, -0.25) is 4.79 Å². The Kier molecular flexibility index (Phi) is 5.68. The van der Waals surface area contributed by atoms with Crippen molar-refractivity contribution in [1.82, 2.24) is 9.78 Å². The molecule has 1 N–H and O–H groups in total. The summed E-state index contributed by atoms with van der Waals surface area (Å²) in [5.74, 6) is 0.667. The molecule has 0 aliphatic carbocycles. The van der Waals surface area contributed by atoms with Crippen molar-refractivity contribution < 1.29 is 4.79 Å². The summed E-state index contributed by atoms with van der Waals surface area (Å²) in [6.07, 6.45) is 0. The number of nitrogens with one attached hydrogen (secondary N) is 1. The average Bonchev–Trinajstić information content (AvgIpc) is 2.95. The molecular weight excluding hydrogens is 377 g/mol. The predicted molar refractivity (Wildman–Crippen MR) is 104 cm³/mol. The Morgan fingerprint density at radius 3 is 2.48 bits per heavy atom. The summed E-state index contributed by atoms with van der Waals surface area (Å²) in [6.45, 7) is 1.88. The molecule has 0 bridgehead atoms. The number of nitrogens with zero attached hydrogens (tertiary/aromatic N) is 2. The molecule has 0 atom stereocenters. The van der Waals surface area contributed by atoms with Gasteiger partial charge in [-0.2, -0.15) is 5.10 Å². The van der Waals surface area contributed by atoms with Crippen LogP contribution >= 0.6 is 35.0 Å². The summed E-state index contributed by atoms with van der Waals surface area (Å²) in [6, 6.07) is 16.8. The average molecular weight is 392 g/mol. The van der Waals surface area contributed by atoms with Crippen LogP contribution < -0.4 is 5.32 Å². The number of rotatable bonds is 5. The van der Waals surface area contributed by atoms with Gasteiger partial charge in [0.05, 0.1) is 27.2 Å². The number of halogens is 2. The molecule has 1 aromatic heterocycles. The number of anilines is 1. The van der Waals surface area contributed by atoms with Crippen LogP contribution in [0.5, 0.6) is 0 Å². The van der Waals surface area contributed by atoms with E-state index in [2.05, 4.69) is 10.4 Å². The first-order valence-electron chi connectivity index (χ1n) is 7.53. The molecule has 4 nitrogen and oxygen atoms in total. The largest absolute Gasteiger partial charge is 0.310 e. The molecule has 0 aliphatic heterocycles. The van der Waals surface area contributed by atoms with Crippen LogP contribution in [0.25, 0.3) is 5.69 Å². The van der Waals surface area contributed by atoms with E-state index in [-0.39, 0.29) is 11.7 Å². The summed E-state index contributed by atoms with van der Waals surface area (Å²) in [5, 5.41) is 8.40. The van der Waals surface area contributed by atoms with Crippen LogP contribution in [0.15, 0.2) is 59.5 Å². The van der Waals surface area contributed by atoms with Gasteiger partial charge < -0.3 is 5.32 Å². The number of amides is 1. The van der Waals surface area contributed by atoms with Crippen LogP contribution in [0, 0.1) is 6.92 Å². The van der Waals surface area contributed by atoms with Crippen molar-refractivity contribution in [2.24, 2.45) is 0 Å². The fourth-order valence-electron chi connectivity index (χ4n) is 2.29. The van der Waals surface area contributed by atoms with Crippen LogP contribution in [0.2, 0.25) is 10.0 Å². The molecule has 0 radical (unpaired) electrons. The first kappa shape index (κ1) is 17.9. The quantitative estimate of drug-likeness (QED) is 0.606. The van der Waals surface area contributed by atoms with Gasteiger partial charge in [0, 0.05) is 11.0 Å². The van der Waals surface area contributed by atoms with Gasteiger partial charge >= 0.3 is 0 Å². The van der Waals surface area contributed by atoms with Crippen molar-refractivity contribution >= 4 is 46.7 Å². The predicted octanol–water partition coefficient (Wildman–Crippen LogP) is 5.22. The van der Waals surface area contributed by atoms with E-state index in [4.69, 9.17) is 23.2 Å². The first-order chi connectivity index (χ1) is 12.0. The molecule has 3 aromatic rings. The van der Waals surface area contributed by atoms with Gasteiger partial charge in [0.25, 0.3) is 0 Å². The Balaban J connectivity index is 1.72. The van der Waals surface area contributed by atoms with E-state index in [1.165, 1.54) is 11.8 Å². The van der Waals surface area contributed by atoms with Crippen LogP contribution in [-0.2, 0) is 4.79 Å². The van der Waals surface area contributed by atoms with Crippen molar-refractivity contribution in [3.8, 4) is 5.69 Å². The van der Waals surface area contributed by atoms with Gasteiger partial charge in [-0.05, 0) is 31.2 Å². The van der Waals surface area contributed by atoms with Gasteiger partial charge in [0.2, 0.25) is 5.91 Å². The Labute approximate surface area is 160 Å². The second kappa shape index (κ2) is 7.95. The third-order valence-corrected chi connectivity index (χ3v) is 5.36. The number of aromatic nitrogens is 2. The summed E-state index contributed by atoms with van der Waals surface area (Å²) in [5.41, 5.74) is 1.70. The maximum atomic E-state index is 12.3. The molecule has 7 heteroatoms. The molecule has 0 saturated heterocycles. The standard InChI is InChI=1S/C18H15Cl2N3OS/c1-12-10-16(23(22-12)13-6-3-2-4-7-13)21-17(24)11-25-18-14(19)8-5-9-15(18)20/h2-10H,11H2,1H3,(H,21,24). The topological polar surface area (TPSA) is 46.9 Å². The Morgan fingerprint density at radius 1 is 1.12 bits per heavy atom. The van der Waals surface area contributed by atoms with Gasteiger partial charge in [-0.1, -0.05) is 47.5 Å². The zero-order valence-corrected chi connectivity index (χ0v) is 15.7. The molecule has 1 amide bonds. The highest BCUT2D eigenvalue weighted by atomic mass is 35.5. The molecule has 0 unspecified atom stereocenters. The third kappa shape index (κ3) is 4.37. The minimum absolute atomic E-state index is 0.155. The Morgan fingerprint density at radius 2 is 1.80 bits per heavy atom. The molecular formula is C18H15Cl2N3OS. The van der Waals surface area contributed by atoms with Crippen molar-refractivity contribution in [3.05, 3.63) is 70.3 Å². The number of carbonyl (C=O) groups is 1. The molecule has 25 heavy (non-hydrogen) atoms. The summed E-state index contributed by atoms with van der Waals surface area (Å²) in [7, 11) is 0. The molecule has 0 spiro atoms. The lowest BCUT2D eigenvalue weighted by atomic mass is 10.3. The second-order valence-corrected chi connectivity index (χ2v) is 7.11. The van der Waals surface area contributed by atoms with Crippen molar-refractivity contribution in [3.63, 3.8) is 0 Å².